The predicted molar refractivity (Wildman–Crippen MR) is 94.2 cm³/mol. The Morgan fingerprint density at radius 1 is 1.25 bits per heavy atom. The molecule has 1 atom stereocenters. The van der Waals surface area contributed by atoms with Crippen LogP contribution in [0.2, 0.25) is 0 Å². The molecule has 0 bridgehead atoms. The maximum Gasteiger partial charge on any atom is 0.185 e. The second kappa shape index (κ2) is 7.39. The van der Waals surface area contributed by atoms with Crippen molar-refractivity contribution in [2.75, 3.05) is 6.61 Å². The Labute approximate surface area is 142 Å². The van der Waals surface area contributed by atoms with Gasteiger partial charge in [-0.3, -0.25) is 4.79 Å². The summed E-state index contributed by atoms with van der Waals surface area (Å²) >= 11 is 0. The van der Waals surface area contributed by atoms with E-state index < -0.39 is 0 Å². The molecule has 0 amide bonds. The van der Waals surface area contributed by atoms with Crippen LogP contribution in [-0.4, -0.2) is 24.0 Å². The molecular formula is C20H23NO3. The minimum atomic E-state index is -0.223. The number of rotatable bonds is 5. The van der Waals surface area contributed by atoms with E-state index >= 15 is 0 Å². The summed E-state index contributed by atoms with van der Waals surface area (Å²) in [6.07, 6.45) is 6.60. The Kier molecular flexibility index (Phi) is 5.04. The van der Waals surface area contributed by atoms with Crippen LogP contribution >= 0.6 is 0 Å². The van der Waals surface area contributed by atoms with E-state index in [4.69, 9.17) is 4.74 Å². The van der Waals surface area contributed by atoms with E-state index in [1.165, 1.54) is 35.6 Å². The summed E-state index contributed by atoms with van der Waals surface area (Å²) in [6, 6.07) is 10.2. The molecule has 2 N–H and O–H groups in total. The van der Waals surface area contributed by atoms with Crippen LogP contribution in [0, 0.1) is 0 Å². The predicted octanol–water partition coefficient (Wildman–Crippen LogP) is 3.87. The molecule has 24 heavy (non-hydrogen) atoms. The molecule has 126 valence electrons. The Morgan fingerprint density at radius 2 is 2.00 bits per heavy atom. The number of hydrogen-bond donors (Lipinski definition) is 2. The Bertz CT molecular complexity index is 701. The first-order valence-electron chi connectivity index (χ1n) is 8.44. The lowest BCUT2D eigenvalue weighted by Gasteiger charge is -2.26. The van der Waals surface area contributed by atoms with Gasteiger partial charge in [0, 0.05) is 6.08 Å². The second-order valence-electron chi connectivity index (χ2n) is 6.28. The second-order valence-corrected chi connectivity index (χ2v) is 6.28. The van der Waals surface area contributed by atoms with Crippen molar-refractivity contribution >= 4 is 11.9 Å². The van der Waals surface area contributed by atoms with E-state index in [1.54, 1.807) is 0 Å². The first-order valence-corrected chi connectivity index (χ1v) is 8.44. The Hall–Kier alpha value is -2.49. The summed E-state index contributed by atoms with van der Waals surface area (Å²) in [7, 11) is 0. The molecule has 0 aromatic heterocycles. The number of ether oxygens (including phenoxy) is 1. The summed E-state index contributed by atoms with van der Waals surface area (Å²) in [6.45, 7) is 2.35. The number of hydrogen-bond acceptors (Lipinski definition) is 4. The van der Waals surface area contributed by atoms with Crippen LogP contribution in [0.15, 0.2) is 59.2 Å². The lowest BCUT2D eigenvalue weighted by atomic mass is 9.87. The molecule has 1 unspecified atom stereocenters. The summed E-state index contributed by atoms with van der Waals surface area (Å²) in [5.41, 5.74) is 4.32. The molecule has 1 heterocycles. The summed E-state index contributed by atoms with van der Waals surface area (Å²) in [5.74, 6) is 0.590. The topological polar surface area (TPSA) is 58.6 Å². The zero-order valence-electron chi connectivity index (χ0n) is 13.9. The van der Waals surface area contributed by atoms with Crippen molar-refractivity contribution in [2.24, 2.45) is 0 Å². The molecule has 4 nitrogen and oxygen atoms in total. The highest BCUT2D eigenvalue weighted by molar-refractivity contribution is 5.79. The van der Waals surface area contributed by atoms with Crippen molar-refractivity contribution in [3.63, 3.8) is 0 Å². The van der Waals surface area contributed by atoms with Gasteiger partial charge in [-0.15, -0.1) is 0 Å². The van der Waals surface area contributed by atoms with Crippen LogP contribution in [0.4, 0.5) is 0 Å². The smallest absolute Gasteiger partial charge is 0.185 e. The highest BCUT2D eigenvalue weighted by atomic mass is 16.5. The minimum Gasteiger partial charge on any atom is -0.495 e. The number of allylic oxidation sites excluding steroid dienone is 3. The van der Waals surface area contributed by atoms with E-state index in [-0.39, 0.29) is 11.9 Å². The lowest BCUT2D eigenvalue weighted by molar-refractivity contribution is -0.105. The van der Waals surface area contributed by atoms with Crippen LogP contribution in [0.1, 0.15) is 38.2 Å². The number of aliphatic hydroxyl groups is 1. The third-order valence-electron chi connectivity index (χ3n) is 4.57. The Morgan fingerprint density at radius 3 is 2.75 bits per heavy atom. The molecule has 0 radical (unpaired) electrons. The first-order chi connectivity index (χ1) is 11.7. The number of dihydropyridines is 1. The maximum absolute atomic E-state index is 11.3. The van der Waals surface area contributed by atoms with Crippen LogP contribution in [0.25, 0.3) is 5.57 Å². The molecule has 1 aliphatic heterocycles. The summed E-state index contributed by atoms with van der Waals surface area (Å²) < 4.78 is 6.01. The monoisotopic (exact) mass is 325 g/mol. The highest BCUT2D eigenvalue weighted by Crippen LogP contribution is 2.33. The third-order valence-corrected chi connectivity index (χ3v) is 4.57. The van der Waals surface area contributed by atoms with Gasteiger partial charge in [0.25, 0.3) is 0 Å². The fourth-order valence-electron chi connectivity index (χ4n) is 3.38. The van der Waals surface area contributed by atoms with Crippen molar-refractivity contribution < 1.29 is 14.6 Å². The van der Waals surface area contributed by atoms with Gasteiger partial charge in [0.05, 0.1) is 11.6 Å². The SMILES string of the molecule is CC1NC(O)=CC(C=O)=C1OCC1=C(c2ccccc2)CCCC1. The number of nitrogens with one attached hydrogen (secondary N) is 1. The van der Waals surface area contributed by atoms with Crippen LogP contribution in [0.5, 0.6) is 0 Å². The van der Waals surface area contributed by atoms with E-state index in [2.05, 4.69) is 29.6 Å². The number of benzene rings is 1. The molecule has 0 spiro atoms. The molecule has 0 saturated heterocycles. The van der Waals surface area contributed by atoms with Gasteiger partial charge >= 0.3 is 0 Å². The van der Waals surface area contributed by atoms with Crippen LogP contribution in [-0.2, 0) is 9.53 Å². The van der Waals surface area contributed by atoms with E-state index in [9.17, 15) is 9.90 Å². The molecular weight excluding hydrogens is 302 g/mol. The molecule has 0 saturated carbocycles. The average Bonchev–Trinajstić information content (AvgIpc) is 2.61. The molecule has 4 heteroatoms. The van der Waals surface area contributed by atoms with Crippen LogP contribution in [0.3, 0.4) is 0 Å². The number of carbonyl (C=O) groups is 1. The van der Waals surface area contributed by atoms with Crippen LogP contribution < -0.4 is 5.32 Å². The lowest BCUT2D eigenvalue weighted by Crippen LogP contribution is -2.33. The Balaban J connectivity index is 1.84. The van der Waals surface area contributed by atoms with E-state index in [0.29, 0.717) is 17.9 Å². The normalized spacial score (nSPS) is 21.2. The van der Waals surface area contributed by atoms with Gasteiger partial charge in [-0.1, -0.05) is 30.3 Å². The van der Waals surface area contributed by atoms with Gasteiger partial charge in [-0.25, -0.2) is 0 Å². The largest absolute Gasteiger partial charge is 0.495 e. The van der Waals surface area contributed by atoms with E-state index in [0.717, 1.165) is 19.1 Å². The van der Waals surface area contributed by atoms with Gasteiger partial charge in [-0.05, 0) is 49.3 Å². The minimum absolute atomic E-state index is 0.00111. The highest BCUT2D eigenvalue weighted by Gasteiger charge is 2.22. The quantitative estimate of drug-likeness (QED) is 0.807. The van der Waals surface area contributed by atoms with Crippen molar-refractivity contribution in [1.29, 1.82) is 0 Å². The third kappa shape index (κ3) is 3.53. The number of aliphatic hydroxyl groups excluding tert-OH is 1. The van der Waals surface area contributed by atoms with E-state index in [1.807, 2.05) is 13.0 Å². The van der Waals surface area contributed by atoms with Crippen molar-refractivity contribution in [3.8, 4) is 0 Å². The number of carbonyl (C=O) groups excluding carboxylic acids is 1. The fourth-order valence-corrected chi connectivity index (χ4v) is 3.38. The summed E-state index contributed by atoms with van der Waals surface area (Å²) in [4.78, 5) is 11.3. The van der Waals surface area contributed by atoms with Gasteiger partial charge in [0.2, 0.25) is 0 Å². The van der Waals surface area contributed by atoms with Crippen molar-refractivity contribution in [1.82, 2.24) is 5.32 Å². The fraction of sp³-hybridized carbons (Fsp3) is 0.350. The van der Waals surface area contributed by atoms with Gasteiger partial charge in [0.1, 0.15) is 12.4 Å². The molecule has 0 fully saturated rings. The standard InChI is InChI=1S/C20H23NO3/c1-14-20(17(12-22)11-19(23)21-14)24-13-16-9-5-6-10-18(16)15-7-3-2-4-8-15/h2-4,7-8,11-12,14,21,23H,5-6,9-10,13H2,1H3. The van der Waals surface area contributed by atoms with Crippen molar-refractivity contribution in [3.05, 3.63) is 64.8 Å². The molecule has 1 aromatic carbocycles. The average molecular weight is 325 g/mol. The van der Waals surface area contributed by atoms with Gasteiger partial charge in [-0.2, -0.15) is 0 Å². The zero-order valence-corrected chi connectivity index (χ0v) is 13.9. The first kappa shape index (κ1) is 16.4. The molecule has 3 rings (SSSR count). The van der Waals surface area contributed by atoms with Crippen molar-refractivity contribution in [2.45, 2.75) is 38.6 Å². The summed E-state index contributed by atoms with van der Waals surface area (Å²) in [5, 5.41) is 12.5. The maximum atomic E-state index is 11.3. The molecule has 2 aliphatic rings. The van der Waals surface area contributed by atoms with Gasteiger partial charge < -0.3 is 15.2 Å². The number of aldehydes is 1. The molecule has 1 aromatic rings. The van der Waals surface area contributed by atoms with Gasteiger partial charge in [0.15, 0.2) is 12.2 Å². The molecule has 1 aliphatic carbocycles. The zero-order chi connectivity index (χ0) is 16.9.